The summed E-state index contributed by atoms with van der Waals surface area (Å²) in [6.07, 6.45) is 0.846. The number of hydrogen-bond donors (Lipinski definition) is 2. The Morgan fingerprint density at radius 2 is 1.61 bits per heavy atom. The second kappa shape index (κ2) is 7.28. The molecule has 0 radical (unpaired) electrons. The highest BCUT2D eigenvalue weighted by Gasteiger charge is 2.15. The minimum Gasteiger partial charge on any atom is -0.352 e. The standard InChI is InChI=1S/C17H20N2O3S/c1-3-12-18-17(20)14-6-10-16(11-7-14)23(21,22)19-15-8-4-13(2)5-9-15/h4-11,19H,3,12H2,1-2H3,(H,18,20). The lowest BCUT2D eigenvalue weighted by atomic mass is 10.2. The Hall–Kier alpha value is -2.34. The van der Waals surface area contributed by atoms with E-state index in [0.717, 1.165) is 12.0 Å². The molecule has 0 aliphatic heterocycles. The molecule has 0 aliphatic rings. The Labute approximate surface area is 136 Å². The van der Waals surface area contributed by atoms with Gasteiger partial charge in [0, 0.05) is 17.8 Å². The Kier molecular flexibility index (Phi) is 5.39. The fourth-order valence-electron chi connectivity index (χ4n) is 1.96. The monoisotopic (exact) mass is 332 g/mol. The highest BCUT2D eigenvalue weighted by molar-refractivity contribution is 7.92. The van der Waals surface area contributed by atoms with Crippen LogP contribution in [0.5, 0.6) is 0 Å². The van der Waals surface area contributed by atoms with E-state index in [1.165, 1.54) is 24.3 Å². The van der Waals surface area contributed by atoms with Crippen molar-refractivity contribution in [3.8, 4) is 0 Å². The minimum atomic E-state index is -3.67. The highest BCUT2D eigenvalue weighted by atomic mass is 32.2. The molecule has 0 spiro atoms. The predicted octanol–water partition coefficient (Wildman–Crippen LogP) is 2.94. The maximum absolute atomic E-state index is 12.3. The molecular formula is C17H20N2O3S. The van der Waals surface area contributed by atoms with Crippen LogP contribution in [-0.4, -0.2) is 20.9 Å². The first-order valence-corrected chi connectivity index (χ1v) is 8.88. The van der Waals surface area contributed by atoms with Gasteiger partial charge >= 0.3 is 0 Å². The number of rotatable bonds is 6. The summed E-state index contributed by atoms with van der Waals surface area (Å²) >= 11 is 0. The van der Waals surface area contributed by atoms with Crippen molar-refractivity contribution < 1.29 is 13.2 Å². The molecule has 0 saturated carbocycles. The molecule has 5 nitrogen and oxygen atoms in total. The van der Waals surface area contributed by atoms with Crippen LogP contribution in [0.3, 0.4) is 0 Å². The molecule has 2 aromatic rings. The van der Waals surface area contributed by atoms with E-state index in [9.17, 15) is 13.2 Å². The Morgan fingerprint density at radius 3 is 2.17 bits per heavy atom. The summed E-state index contributed by atoms with van der Waals surface area (Å²) < 4.78 is 27.2. The number of nitrogens with one attached hydrogen (secondary N) is 2. The molecule has 122 valence electrons. The van der Waals surface area contributed by atoms with E-state index in [4.69, 9.17) is 0 Å². The molecule has 0 aliphatic carbocycles. The summed E-state index contributed by atoms with van der Waals surface area (Å²) in [4.78, 5) is 11.9. The maximum Gasteiger partial charge on any atom is 0.261 e. The summed E-state index contributed by atoms with van der Waals surface area (Å²) in [6, 6.07) is 13.0. The van der Waals surface area contributed by atoms with E-state index >= 15 is 0 Å². The number of amides is 1. The third-order valence-corrected chi connectivity index (χ3v) is 4.66. The third kappa shape index (κ3) is 4.56. The second-order valence-corrected chi connectivity index (χ2v) is 6.93. The van der Waals surface area contributed by atoms with E-state index < -0.39 is 10.0 Å². The van der Waals surface area contributed by atoms with E-state index in [-0.39, 0.29) is 10.8 Å². The van der Waals surface area contributed by atoms with Gasteiger partial charge in [0.2, 0.25) is 0 Å². The van der Waals surface area contributed by atoms with Crippen LogP contribution in [0.2, 0.25) is 0 Å². The van der Waals surface area contributed by atoms with Crippen molar-refractivity contribution >= 4 is 21.6 Å². The van der Waals surface area contributed by atoms with E-state index in [1.807, 2.05) is 26.0 Å². The fourth-order valence-corrected chi connectivity index (χ4v) is 3.02. The van der Waals surface area contributed by atoms with Gasteiger partial charge < -0.3 is 5.32 Å². The van der Waals surface area contributed by atoms with Crippen LogP contribution in [-0.2, 0) is 10.0 Å². The highest BCUT2D eigenvalue weighted by Crippen LogP contribution is 2.17. The van der Waals surface area contributed by atoms with Crippen LogP contribution in [0, 0.1) is 6.92 Å². The van der Waals surface area contributed by atoms with Crippen LogP contribution in [0.1, 0.15) is 29.3 Å². The van der Waals surface area contributed by atoms with Crippen molar-refractivity contribution in [3.05, 3.63) is 59.7 Å². The van der Waals surface area contributed by atoms with Crippen molar-refractivity contribution in [3.63, 3.8) is 0 Å². The van der Waals surface area contributed by atoms with Crippen LogP contribution >= 0.6 is 0 Å². The normalized spacial score (nSPS) is 11.0. The first-order chi connectivity index (χ1) is 10.9. The van der Waals surface area contributed by atoms with Crippen molar-refractivity contribution in [2.45, 2.75) is 25.2 Å². The second-order valence-electron chi connectivity index (χ2n) is 5.25. The summed E-state index contributed by atoms with van der Waals surface area (Å²) in [5.74, 6) is -0.206. The smallest absolute Gasteiger partial charge is 0.261 e. The maximum atomic E-state index is 12.3. The molecule has 0 bridgehead atoms. The van der Waals surface area contributed by atoms with Gasteiger partial charge in [-0.3, -0.25) is 9.52 Å². The van der Waals surface area contributed by atoms with Crippen molar-refractivity contribution in [1.82, 2.24) is 5.32 Å². The van der Waals surface area contributed by atoms with E-state index in [0.29, 0.717) is 17.8 Å². The Bertz CT molecular complexity index is 766. The summed E-state index contributed by atoms with van der Waals surface area (Å²) in [7, 11) is -3.67. The van der Waals surface area contributed by atoms with Crippen molar-refractivity contribution in [1.29, 1.82) is 0 Å². The molecule has 23 heavy (non-hydrogen) atoms. The SMILES string of the molecule is CCCNC(=O)c1ccc(S(=O)(=O)Nc2ccc(C)cc2)cc1. The van der Waals surface area contributed by atoms with Gasteiger partial charge in [0.15, 0.2) is 0 Å². The van der Waals surface area contributed by atoms with Gasteiger partial charge in [-0.2, -0.15) is 0 Å². The minimum absolute atomic E-state index is 0.116. The number of anilines is 1. The lowest BCUT2D eigenvalue weighted by molar-refractivity contribution is 0.0953. The molecule has 0 atom stereocenters. The van der Waals surface area contributed by atoms with Gasteiger partial charge in [-0.1, -0.05) is 24.6 Å². The van der Waals surface area contributed by atoms with Crippen LogP contribution in [0.15, 0.2) is 53.4 Å². The number of carbonyl (C=O) groups is 1. The Morgan fingerprint density at radius 1 is 1.00 bits per heavy atom. The van der Waals surface area contributed by atoms with Crippen LogP contribution in [0.4, 0.5) is 5.69 Å². The number of sulfonamides is 1. The molecule has 0 fully saturated rings. The van der Waals surface area contributed by atoms with Crippen molar-refractivity contribution in [2.75, 3.05) is 11.3 Å². The van der Waals surface area contributed by atoms with Gasteiger partial charge in [0.1, 0.15) is 0 Å². The largest absolute Gasteiger partial charge is 0.352 e. The summed E-state index contributed by atoms with van der Waals surface area (Å²) in [6.45, 7) is 4.49. The zero-order chi connectivity index (χ0) is 16.9. The summed E-state index contributed by atoms with van der Waals surface area (Å²) in [5, 5.41) is 2.75. The molecule has 0 saturated heterocycles. The third-order valence-electron chi connectivity index (χ3n) is 3.27. The molecule has 0 aromatic heterocycles. The number of aryl methyl sites for hydroxylation is 1. The average Bonchev–Trinajstić information content (AvgIpc) is 2.54. The zero-order valence-electron chi connectivity index (χ0n) is 13.2. The fraction of sp³-hybridized carbons (Fsp3) is 0.235. The van der Waals surface area contributed by atoms with Crippen LogP contribution < -0.4 is 10.0 Å². The molecule has 6 heteroatoms. The molecule has 2 aromatic carbocycles. The number of carbonyl (C=O) groups excluding carboxylic acids is 1. The lowest BCUT2D eigenvalue weighted by Crippen LogP contribution is -2.24. The molecule has 0 heterocycles. The van der Waals surface area contributed by atoms with E-state index in [2.05, 4.69) is 10.0 Å². The van der Waals surface area contributed by atoms with Crippen molar-refractivity contribution in [2.24, 2.45) is 0 Å². The molecule has 2 N–H and O–H groups in total. The Balaban J connectivity index is 2.14. The first kappa shape index (κ1) is 17.0. The topological polar surface area (TPSA) is 75.3 Å². The average molecular weight is 332 g/mol. The number of benzene rings is 2. The molecule has 2 rings (SSSR count). The summed E-state index contributed by atoms with van der Waals surface area (Å²) in [5.41, 5.74) is 1.99. The molecule has 0 unspecified atom stereocenters. The molecule has 1 amide bonds. The first-order valence-electron chi connectivity index (χ1n) is 7.40. The van der Waals surface area contributed by atoms with Crippen LogP contribution in [0.25, 0.3) is 0 Å². The van der Waals surface area contributed by atoms with Gasteiger partial charge in [0.05, 0.1) is 4.90 Å². The predicted molar refractivity (Wildman–Crippen MR) is 91.1 cm³/mol. The van der Waals surface area contributed by atoms with Gasteiger partial charge in [-0.25, -0.2) is 8.42 Å². The molecular weight excluding hydrogens is 312 g/mol. The lowest BCUT2D eigenvalue weighted by Gasteiger charge is -2.09. The number of hydrogen-bond acceptors (Lipinski definition) is 3. The van der Waals surface area contributed by atoms with Gasteiger partial charge in [0.25, 0.3) is 15.9 Å². The zero-order valence-corrected chi connectivity index (χ0v) is 14.0. The van der Waals surface area contributed by atoms with Gasteiger partial charge in [-0.05, 0) is 49.7 Å². The van der Waals surface area contributed by atoms with Gasteiger partial charge in [-0.15, -0.1) is 0 Å². The quantitative estimate of drug-likeness (QED) is 0.854. The van der Waals surface area contributed by atoms with E-state index in [1.54, 1.807) is 12.1 Å².